The maximum Gasteiger partial charge on any atom is 0.306 e. The van der Waals surface area contributed by atoms with E-state index in [1.54, 1.807) is 11.3 Å². The van der Waals surface area contributed by atoms with E-state index in [2.05, 4.69) is 19.8 Å². The largest absolute Gasteiger partial charge is 0.461 e. The second kappa shape index (κ2) is 10.7. The molecule has 3 rings (SSSR count). The molecule has 2 heterocycles. The second-order valence-corrected chi connectivity index (χ2v) is 7.51. The molecule has 0 atom stereocenters. The summed E-state index contributed by atoms with van der Waals surface area (Å²) in [7, 11) is 0. The zero-order valence-corrected chi connectivity index (χ0v) is 16.8. The molecule has 1 aromatic heterocycles. The van der Waals surface area contributed by atoms with Gasteiger partial charge in [-0.25, -0.2) is 4.98 Å². The second-order valence-electron chi connectivity index (χ2n) is 6.63. The van der Waals surface area contributed by atoms with E-state index >= 15 is 0 Å². The molecule has 0 unspecified atom stereocenters. The number of anilines is 1. The number of esters is 1. The first-order valence-corrected chi connectivity index (χ1v) is 10.5. The highest BCUT2D eigenvalue weighted by atomic mass is 32.1. The van der Waals surface area contributed by atoms with Crippen LogP contribution in [-0.4, -0.2) is 54.5 Å². The summed E-state index contributed by atoms with van der Waals surface area (Å²) in [6.07, 6.45) is 3.82. The lowest BCUT2D eigenvalue weighted by molar-refractivity contribution is -0.145. The van der Waals surface area contributed by atoms with E-state index in [9.17, 15) is 4.79 Å². The Hall–Kier alpha value is -2.61. The Bertz CT molecular complexity index is 743. The number of guanidine groups is 1. The minimum atomic E-state index is -0.167. The van der Waals surface area contributed by atoms with Crippen LogP contribution in [0.2, 0.25) is 0 Å². The first kappa shape index (κ1) is 20.1. The molecule has 2 aromatic rings. The molecule has 1 fully saturated rings. The Labute approximate surface area is 169 Å². The Morgan fingerprint density at radius 3 is 2.68 bits per heavy atom. The van der Waals surface area contributed by atoms with Crippen molar-refractivity contribution in [3.63, 3.8) is 0 Å². The van der Waals surface area contributed by atoms with E-state index in [4.69, 9.17) is 10.5 Å². The number of carbonyl (C=O) groups is 1. The molecule has 8 heteroatoms. The zero-order valence-electron chi connectivity index (χ0n) is 16.0. The molecule has 0 bridgehead atoms. The fraction of sp³-hybridized carbons (Fsp3) is 0.450. The van der Waals surface area contributed by atoms with Gasteiger partial charge in [0.2, 0.25) is 0 Å². The van der Waals surface area contributed by atoms with Gasteiger partial charge in [0.15, 0.2) is 11.1 Å². The van der Waals surface area contributed by atoms with Crippen molar-refractivity contribution in [1.82, 2.24) is 9.88 Å². The highest BCUT2D eigenvalue weighted by molar-refractivity contribution is 7.13. The number of rotatable bonds is 8. The van der Waals surface area contributed by atoms with Crippen LogP contribution < -0.4 is 10.6 Å². The number of piperazine rings is 1. The van der Waals surface area contributed by atoms with Gasteiger partial charge in [-0.15, -0.1) is 11.3 Å². The molecule has 1 aliphatic heterocycles. The van der Waals surface area contributed by atoms with Gasteiger partial charge < -0.3 is 20.3 Å². The third kappa shape index (κ3) is 6.23. The monoisotopic (exact) mass is 401 g/mol. The van der Waals surface area contributed by atoms with Crippen LogP contribution in [0.4, 0.5) is 5.13 Å². The maximum absolute atomic E-state index is 11.8. The third-order valence-electron chi connectivity index (χ3n) is 4.60. The number of nitrogens with zero attached hydrogens (tertiary/aromatic N) is 4. The lowest BCUT2D eigenvalue weighted by atomic mass is 10.2. The summed E-state index contributed by atoms with van der Waals surface area (Å²) in [6.45, 7) is 4.46. The van der Waals surface area contributed by atoms with Crippen LogP contribution in [0, 0.1) is 0 Å². The van der Waals surface area contributed by atoms with Gasteiger partial charge in [-0.3, -0.25) is 9.79 Å². The smallest absolute Gasteiger partial charge is 0.306 e. The van der Waals surface area contributed by atoms with Crippen molar-refractivity contribution in [3.8, 4) is 0 Å². The van der Waals surface area contributed by atoms with E-state index in [1.165, 1.54) is 0 Å². The molecule has 28 heavy (non-hydrogen) atoms. The summed E-state index contributed by atoms with van der Waals surface area (Å²) in [4.78, 5) is 25.0. The SMILES string of the molecule is NC(=NCCCCC(=O)OCc1ccccc1)N1CCN(c2nccs2)CC1. The van der Waals surface area contributed by atoms with Crippen LogP contribution in [0.1, 0.15) is 24.8 Å². The van der Waals surface area contributed by atoms with Crippen molar-refractivity contribution in [1.29, 1.82) is 0 Å². The summed E-state index contributed by atoms with van der Waals surface area (Å²) < 4.78 is 5.27. The summed E-state index contributed by atoms with van der Waals surface area (Å²) in [5.41, 5.74) is 7.12. The number of ether oxygens (including phenoxy) is 1. The van der Waals surface area contributed by atoms with Crippen molar-refractivity contribution in [3.05, 3.63) is 47.5 Å². The number of hydrogen-bond donors (Lipinski definition) is 1. The number of carbonyl (C=O) groups excluding carboxylic acids is 1. The number of thiazole rings is 1. The summed E-state index contributed by atoms with van der Waals surface area (Å²) in [6, 6.07) is 9.70. The number of aliphatic imine (C=N–C) groups is 1. The number of aromatic nitrogens is 1. The minimum Gasteiger partial charge on any atom is -0.461 e. The van der Waals surface area contributed by atoms with Crippen LogP contribution in [0.5, 0.6) is 0 Å². The molecule has 7 nitrogen and oxygen atoms in total. The Kier molecular flexibility index (Phi) is 7.66. The maximum atomic E-state index is 11.8. The number of hydrogen-bond acceptors (Lipinski definition) is 6. The van der Waals surface area contributed by atoms with Gasteiger partial charge in [-0.2, -0.15) is 0 Å². The van der Waals surface area contributed by atoms with Crippen molar-refractivity contribution in [2.75, 3.05) is 37.6 Å². The molecule has 0 radical (unpaired) electrons. The van der Waals surface area contributed by atoms with Crippen molar-refractivity contribution in [2.45, 2.75) is 25.9 Å². The highest BCUT2D eigenvalue weighted by Crippen LogP contribution is 2.18. The molecule has 0 aliphatic carbocycles. The zero-order chi connectivity index (χ0) is 19.6. The van der Waals surface area contributed by atoms with Crippen molar-refractivity contribution < 1.29 is 9.53 Å². The first-order chi connectivity index (χ1) is 13.7. The third-order valence-corrected chi connectivity index (χ3v) is 5.43. The first-order valence-electron chi connectivity index (χ1n) is 9.61. The topological polar surface area (TPSA) is 84.0 Å². The average molecular weight is 402 g/mol. The van der Waals surface area contributed by atoms with Crippen LogP contribution >= 0.6 is 11.3 Å². The van der Waals surface area contributed by atoms with E-state index in [0.717, 1.165) is 49.7 Å². The molecule has 1 saturated heterocycles. The number of unbranched alkanes of at least 4 members (excludes halogenated alkanes) is 1. The molecule has 0 spiro atoms. The standard InChI is InChI=1S/C20H27N5O2S/c21-19(24-11-13-25(14-12-24)20-23-10-15-28-20)22-9-5-4-8-18(26)27-16-17-6-2-1-3-7-17/h1-3,6-7,10,15H,4-5,8-9,11-14,16H2,(H2,21,22). The van der Waals surface area contributed by atoms with Crippen LogP contribution in [-0.2, 0) is 16.1 Å². The van der Waals surface area contributed by atoms with Gasteiger partial charge in [-0.1, -0.05) is 30.3 Å². The lowest BCUT2D eigenvalue weighted by Crippen LogP contribution is -2.51. The molecule has 1 aromatic carbocycles. The molecule has 0 saturated carbocycles. The summed E-state index contributed by atoms with van der Waals surface area (Å²) in [5.74, 6) is 0.421. The molecular weight excluding hydrogens is 374 g/mol. The molecule has 0 amide bonds. The van der Waals surface area contributed by atoms with E-state index in [-0.39, 0.29) is 5.97 Å². The minimum absolute atomic E-state index is 0.167. The molecular formula is C20H27N5O2S. The van der Waals surface area contributed by atoms with Crippen LogP contribution in [0.25, 0.3) is 0 Å². The number of benzene rings is 1. The lowest BCUT2D eigenvalue weighted by Gasteiger charge is -2.35. The Balaban J connectivity index is 1.28. The van der Waals surface area contributed by atoms with Gasteiger partial charge in [0.1, 0.15) is 6.61 Å². The fourth-order valence-electron chi connectivity index (χ4n) is 2.98. The average Bonchev–Trinajstić information content (AvgIpc) is 3.28. The van der Waals surface area contributed by atoms with E-state index in [0.29, 0.717) is 25.5 Å². The Morgan fingerprint density at radius 2 is 1.96 bits per heavy atom. The van der Waals surface area contributed by atoms with Gasteiger partial charge in [-0.05, 0) is 18.4 Å². The summed E-state index contributed by atoms with van der Waals surface area (Å²) in [5, 5.41) is 3.06. The molecule has 1 aliphatic rings. The predicted octanol–water partition coefficient (Wildman–Crippen LogP) is 2.49. The highest BCUT2D eigenvalue weighted by Gasteiger charge is 2.19. The quantitative estimate of drug-likeness (QED) is 0.317. The molecule has 150 valence electrons. The van der Waals surface area contributed by atoms with Gasteiger partial charge in [0.25, 0.3) is 0 Å². The predicted molar refractivity (Wildman–Crippen MR) is 112 cm³/mol. The van der Waals surface area contributed by atoms with Crippen LogP contribution in [0.15, 0.2) is 46.9 Å². The normalized spacial score (nSPS) is 14.9. The van der Waals surface area contributed by atoms with Gasteiger partial charge in [0.05, 0.1) is 0 Å². The van der Waals surface area contributed by atoms with Gasteiger partial charge >= 0.3 is 5.97 Å². The van der Waals surface area contributed by atoms with Crippen molar-refractivity contribution in [2.24, 2.45) is 10.7 Å². The molecule has 2 N–H and O–H groups in total. The Morgan fingerprint density at radius 1 is 1.18 bits per heavy atom. The summed E-state index contributed by atoms with van der Waals surface area (Å²) >= 11 is 1.66. The van der Waals surface area contributed by atoms with Gasteiger partial charge in [0, 0.05) is 50.7 Å². The number of nitrogens with two attached hydrogens (primary N) is 1. The van der Waals surface area contributed by atoms with E-state index in [1.807, 2.05) is 41.9 Å². The van der Waals surface area contributed by atoms with Crippen molar-refractivity contribution >= 4 is 28.4 Å². The van der Waals surface area contributed by atoms with E-state index < -0.39 is 0 Å². The fourth-order valence-corrected chi connectivity index (χ4v) is 3.68. The van der Waals surface area contributed by atoms with Crippen LogP contribution in [0.3, 0.4) is 0 Å².